The van der Waals surface area contributed by atoms with E-state index in [9.17, 15) is 0 Å². The first-order valence-corrected chi connectivity index (χ1v) is 3.87. The summed E-state index contributed by atoms with van der Waals surface area (Å²) in [7, 11) is 0. The van der Waals surface area contributed by atoms with Crippen LogP contribution in [0.5, 0.6) is 0 Å². The second-order valence-corrected chi connectivity index (χ2v) is 2.85. The highest BCUT2D eigenvalue weighted by atomic mass is 16.5. The van der Waals surface area contributed by atoms with E-state index < -0.39 is 0 Å². The monoisotopic (exact) mass is 177 g/mol. The number of aromatic nitrogens is 5. The van der Waals surface area contributed by atoms with Gasteiger partial charge in [0.05, 0.1) is 0 Å². The van der Waals surface area contributed by atoms with Crippen LogP contribution in [0, 0.1) is 6.92 Å². The van der Waals surface area contributed by atoms with Gasteiger partial charge in [0.2, 0.25) is 0 Å². The van der Waals surface area contributed by atoms with Gasteiger partial charge in [0.1, 0.15) is 6.33 Å². The molecule has 3 aromatic heterocycles. The van der Waals surface area contributed by atoms with Crippen molar-refractivity contribution in [1.29, 1.82) is 0 Å². The van der Waals surface area contributed by atoms with Crippen molar-refractivity contribution >= 4 is 16.7 Å². The van der Waals surface area contributed by atoms with E-state index in [0.29, 0.717) is 0 Å². The smallest absolute Gasteiger partial charge is 0.188 e. The van der Waals surface area contributed by atoms with Gasteiger partial charge in [0.25, 0.3) is 0 Å². The molecule has 0 saturated carbocycles. The van der Waals surface area contributed by atoms with Crippen LogP contribution in [0.2, 0.25) is 0 Å². The number of aryl methyl sites for hydroxylation is 1. The van der Waals surface area contributed by atoms with E-state index >= 15 is 0 Å². The summed E-state index contributed by atoms with van der Waals surface area (Å²) in [5.74, 6) is 0. The second kappa shape index (κ2) is 2.03. The van der Waals surface area contributed by atoms with E-state index in [-0.39, 0.29) is 0 Å². The van der Waals surface area contributed by atoms with E-state index in [0.717, 1.165) is 22.4 Å². The van der Waals surface area contributed by atoms with Crippen molar-refractivity contribution in [1.82, 2.24) is 25.0 Å². The van der Waals surface area contributed by atoms with Gasteiger partial charge in [0, 0.05) is 11.8 Å². The third kappa shape index (κ3) is 0.715. The summed E-state index contributed by atoms with van der Waals surface area (Å²) in [4.78, 5) is 4.07. The molecule has 0 amide bonds. The zero-order valence-corrected chi connectivity index (χ0v) is 6.90. The molecule has 13 heavy (non-hydrogen) atoms. The van der Waals surface area contributed by atoms with E-state index in [2.05, 4.69) is 20.5 Å². The standard InChI is InChI=1S/C7H7N5O/c1-4-2-5-6-7(10-11-13-5)8-3-9-12(4)6/h2-3,11H,1H3,(H,8,9,10). The lowest BCUT2D eigenvalue weighted by atomic mass is 10.4. The molecule has 2 N–H and O–H groups in total. The normalized spacial score (nSPS) is 11.5. The average Bonchev–Trinajstić information content (AvgIpc) is 2.47. The summed E-state index contributed by atoms with van der Waals surface area (Å²) in [6.07, 6.45) is 1.50. The number of aromatic amines is 2. The van der Waals surface area contributed by atoms with E-state index in [1.165, 1.54) is 6.33 Å². The molecular weight excluding hydrogens is 170 g/mol. The van der Waals surface area contributed by atoms with Gasteiger partial charge in [-0.1, -0.05) is 0 Å². The van der Waals surface area contributed by atoms with Gasteiger partial charge in [0.15, 0.2) is 16.7 Å². The Morgan fingerprint density at radius 1 is 1.54 bits per heavy atom. The zero-order valence-electron chi connectivity index (χ0n) is 6.90. The van der Waals surface area contributed by atoms with E-state index in [1.54, 1.807) is 4.52 Å². The molecule has 0 bridgehead atoms. The summed E-state index contributed by atoms with van der Waals surface area (Å²) in [5, 5.41) is 9.46. The van der Waals surface area contributed by atoms with Gasteiger partial charge in [-0.05, 0) is 6.92 Å². The molecule has 0 atom stereocenters. The number of rotatable bonds is 0. The van der Waals surface area contributed by atoms with Crippen molar-refractivity contribution in [2.75, 3.05) is 0 Å². The third-order valence-corrected chi connectivity index (χ3v) is 2.03. The third-order valence-electron chi connectivity index (χ3n) is 2.03. The van der Waals surface area contributed by atoms with Crippen molar-refractivity contribution < 1.29 is 4.52 Å². The van der Waals surface area contributed by atoms with Gasteiger partial charge in [-0.3, -0.25) is 5.10 Å². The Morgan fingerprint density at radius 3 is 3.38 bits per heavy atom. The van der Waals surface area contributed by atoms with Crippen LogP contribution in [0.3, 0.4) is 0 Å². The first-order valence-electron chi connectivity index (χ1n) is 3.87. The van der Waals surface area contributed by atoms with Gasteiger partial charge < -0.3 is 4.52 Å². The molecule has 0 radical (unpaired) electrons. The van der Waals surface area contributed by atoms with Crippen LogP contribution in [0.25, 0.3) is 16.7 Å². The Hall–Kier alpha value is -1.98. The minimum atomic E-state index is 0.726. The number of nitrogens with one attached hydrogen (secondary N) is 2. The lowest BCUT2D eigenvalue weighted by Gasteiger charge is -1.97. The first kappa shape index (κ1) is 6.53. The topological polar surface area (TPSA) is 74.9 Å². The Balaban J connectivity index is 2.74. The molecule has 0 spiro atoms. The Kier molecular flexibility index (Phi) is 1.02. The van der Waals surface area contributed by atoms with Crippen LogP contribution in [0.4, 0.5) is 0 Å². The van der Waals surface area contributed by atoms with Crippen LogP contribution >= 0.6 is 0 Å². The van der Waals surface area contributed by atoms with Crippen LogP contribution in [-0.4, -0.2) is 25.0 Å². The molecule has 66 valence electrons. The summed E-state index contributed by atoms with van der Waals surface area (Å²) in [6, 6.07) is 1.90. The molecule has 6 heteroatoms. The lowest BCUT2D eigenvalue weighted by molar-refractivity contribution is 0.402. The van der Waals surface area contributed by atoms with Crippen molar-refractivity contribution in [3.05, 3.63) is 18.1 Å². The molecule has 0 aliphatic carbocycles. The van der Waals surface area contributed by atoms with E-state index in [4.69, 9.17) is 4.52 Å². The summed E-state index contributed by atoms with van der Waals surface area (Å²) < 4.78 is 6.94. The number of nitrogens with zero attached hydrogens (tertiary/aromatic N) is 3. The Labute approximate surface area is 72.2 Å². The molecule has 0 aromatic carbocycles. The van der Waals surface area contributed by atoms with Crippen LogP contribution in [-0.2, 0) is 0 Å². The highest BCUT2D eigenvalue weighted by Crippen LogP contribution is 2.18. The molecule has 0 aliphatic heterocycles. The van der Waals surface area contributed by atoms with Crippen molar-refractivity contribution in [2.45, 2.75) is 6.92 Å². The Morgan fingerprint density at radius 2 is 2.46 bits per heavy atom. The van der Waals surface area contributed by atoms with Crippen LogP contribution in [0.15, 0.2) is 16.9 Å². The van der Waals surface area contributed by atoms with Crippen LogP contribution in [0.1, 0.15) is 5.69 Å². The van der Waals surface area contributed by atoms with Crippen LogP contribution < -0.4 is 0 Å². The van der Waals surface area contributed by atoms with Crippen molar-refractivity contribution in [2.24, 2.45) is 0 Å². The fraction of sp³-hybridized carbons (Fsp3) is 0.143. The fourth-order valence-corrected chi connectivity index (χ4v) is 1.46. The number of hydrogen-bond donors (Lipinski definition) is 2. The predicted molar refractivity (Wildman–Crippen MR) is 45.0 cm³/mol. The largest absolute Gasteiger partial charge is 0.364 e. The molecule has 0 saturated heterocycles. The lowest BCUT2D eigenvalue weighted by Crippen LogP contribution is -1.97. The molecule has 0 unspecified atom stereocenters. The van der Waals surface area contributed by atoms with Gasteiger partial charge in [-0.2, -0.15) is 10.4 Å². The minimum absolute atomic E-state index is 0.726. The fourth-order valence-electron chi connectivity index (χ4n) is 1.46. The number of hydrogen-bond acceptors (Lipinski definition) is 3. The van der Waals surface area contributed by atoms with E-state index in [1.807, 2.05) is 13.0 Å². The minimum Gasteiger partial charge on any atom is -0.364 e. The molecule has 3 aromatic rings. The average molecular weight is 177 g/mol. The number of H-pyrrole nitrogens is 2. The molecule has 6 nitrogen and oxygen atoms in total. The van der Waals surface area contributed by atoms with Gasteiger partial charge in [-0.25, -0.2) is 9.50 Å². The van der Waals surface area contributed by atoms with Gasteiger partial charge in [-0.15, -0.1) is 0 Å². The maximum Gasteiger partial charge on any atom is 0.188 e. The predicted octanol–water partition coefficient (Wildman–Crippen LogP) is 1.00. The highest BCUT2D eigenvalue weighted by molar-refractivity contribution is 5.86. The summed E-state index contributed by atoms with van der Waals surface area (Å²) in [5.41, 5.74) is 3.34. The SMILES string of the molecule is Cc1cc2o[nH][nH]c3ncnn1c32. The summed E-state index contributed by atoms with van der Waals surface area (Å²) >= 11 is 0. The highest BCUT2D eigenvalue weighted by Gasteiger charge is 2.09. The van der Waals surface area contributed by atoms with Gasteiger partial charge >= 0.3 is 0 Å². The second-order valence-electron chi connectivity index (χ2n) is 2.85. The van der Waals surface area contributed by atoms with Crippen molar-refractivity contribution in [3.63, 3.8) is 0 Å². The maximum atomic E-state index is 5.15. The molecule has 0 aliphatic rings. The quantitative estimate of drug-likeness (QED) is 0.538. The molecular formula is C7H7N5O. The molecule has 0 fully saturated rings. The summed E-state index contributed by atoms with van der Waals surface area (Å²) in [6.45, 7) is 1.96. The molecule has 3 rings (SSSR count). The Bertz CT molecular complexity index is 575. The van der Waals surface area contributed by atoms with Crippen molar-refractivity contribution in [3.8, 4) is 0 Å². The maximum absolute atomic E-state index is 5.15. The zero-order chi connectivity index (χ0) is 8.84. The first-order chi connectivity index (χ1) is 6.36. The molecule has 3 heterocycles.